The lowest BCUT2D eigenvalue weighted by molar-refractivity contribution is -0.385. The Bertz CT molecular complexity index is 1100. The Kier molecular flexibility index (Phi) is 6.80. The molecule has 3 aromatic rings. The van der Waals surface area contributed by atoms with Gasteiger partial charge in [0.1, 0.15) is 6.61 Å². The molecular weight excluding hydrogens is 426 g/mol. The summed E-state index contributed by atoms with van der Waals surface area (Å²) < 4.78 is 5.20. The number of esters is 1. The lowest BCUT2D eigenvalue weighted by Crippen LogP contribution is -2.12. The molecule has 2 aromatic carbocycles. The molecule has 8 nitrogen and oxygen atoms in total. The third-order valence-corrected chi connectivity index (χ3v) is 5.94. The number of carbonyl (C=O) groups excluding carboxylic acids is 2. The first-order chi connectivity index (χ1) is 14.3. The van der Waals surface area contributed by atoms with E-state index in [-0.39, 0.29) is 23.4 Å². The standard InChI is InChI=1S/C20H17N3O5S2/c1-12-22-16(10-29-12)11-30-17-6-4-13(5-7-17)20(25)28-9-15-3-2-14(19(21)24)8-18(15)23(26)27/h2-8,10H,9,11H2,1H3,(H2,21,24). The van der Waals surface area contributed by atoms with E-state index < -0.39 is 16.8 Å². The van der Waals surface area contributed by atoms with Crippen molar-refractivity contribution in [3.63, 3.8) is 0 Å². The maximum absolute atomic E-state index is 12.3. The van der Waals surface area contributed by atoms with Gasteiger partial charge in [-0.2, -0.15) is 0 Å². The number of hydrogen-bond donors (Lipinski definition) is 1. The molecule has 0 atom stereocenters. The number of carbonyl (C=O) groups is 2. The molecule has 0 aliphatic rings. The molecule has 3 rings (SSSR count). The zero-order chi connectivity index (χ0) is 21.7. The lowest BCUT2D eigenvalue weighted by atomic mass is 10.1. The molecule has 0 fully saturated rings. The van der Waals surface area contributed by atoms with Crippen molar-refractivity contribution in [2.45, 2.75) is 24.2 Å². The number of aromatic nitrogens is 1. The second-order valence-electron chi connectivity index (χ2n) is 6.21. The normalized spacial score (nSPS) is 10.6. The van der Waals surface area contributed by atoms with Gasteiger partial charge in [0.05, 0.1) is 26.8 Å². The number of amides is 1. The Morgan fingerprint density at radius 3 is 2.50 bits per heavy atom. The first-order valence-corrected chi connectivity index (χ1v) is 10.6. The number of nitro groups is 1. The van der Waals surface area contributed by atoms with Crippen LogP contribution >= 0.6 is 23.1 Å². The van der Waals surface area contributed by atoms with E-state index in [1.165, 1.54) is 12.1 Å². The van der Waals surface area contributed by atoms with E-state index in [0.29, 0.717) is 5.56 Å². The van der Waals surface area contributed by atoms with Gasteiger partial charge in [-0.15, -0.1) is 23.1 Å². The lowest BCUT2D eigenvalue weighted by Gasteiger charge is -2.07. The van der Waals surface area contributed by atoms with E-state index >= 15 is 0 Å². The van der Waals surface area contributed by atoms with Crippen LogP contribution in [-0.4, -0.2) is 21.8 Å². The van der Waals surface area contributed by atoms with Crippen LogP contribution in [0.1, 0.15) is 37.0 Å². The van der Waals surface area contributed by atoms with E-state index in [4.69, 9.17) is 10.5 Å². The number of thioether (sulfide) groups is 1. The van der Waals surface area contributed by atoms with Crippen molar-refractivity contribution in [3.8, 4) is 0 Å². The number of nitrogens with two attached hydrogens (primary N) is 1. The van der Waals surface area contributed by atoms with Crippen LogP contribution < -0.4 is 5.73 Å². The van der Waals surface area contributed by atoms with Gasteiger partial charge in [-0.3, -0.25) is 14.9 Å². The van der Waals surface area contributed by atoms with Crippen LogP contribution in [0.2, 0.25) is 0 Å². The first-order valence-electron chi connectivity index (χ1n) is 8.71. The molecule has 0 saturated heterocycles. The summed E-state index contributed by atoms with van der Waals surface area (Å²) in [6.45, 7) is 1.66. The molecule has 0 saturated carbocycles. The maximum atomic E-state index is 12.3. The number of thiazole rings is 1. The van der Waals surface area contributed by atoms with Crippen molar-refractivity contribution in [2.24, 2.45) is 5.73 Å². The summed E-state index contributed by atoms with van der Waals surface area (Å²) in [5, 5.41) is 14.3. The Morgan fingerprint density at radius 2 is 1.90 bits per heavy atom. The SMILES string of the molecule is Cc1nc(CSc2ccc(C(=O)OCc3ccc(C(N)=O)cc3[N+](=O)[O-])cc2)cs1. The molecule has 0 radical (unpaired) electrons. The second kappa shape index (κ2) is 9.51. The molecule has 0 unspecified atom stereocenters. The van der Waals surface area contributed by atoms with Gasteiger partial charge in [0.2, 0.25) is 5.91 Å². The second-order valence-corrected chi connectivity index (χ2v) is 8.32. The minimum atomic E-state index is -0.774. The molecule has 0 bridgehead atoms. The molecule has 10 heteroatoms. The number of ether oxygens (including phenoxy) is 1. The predicted octanol–water partition coefficient (Wildman–Crippen LogP) is 4.11. The van der Waals surface area contributed by atoms with E-state index in [1.807, 2.05) is 24.4 Å². The van der Waals surface area contributed by atoms with Gasteiger partial charge in [0, 0.05) is 27.7 Å². The molecule has 1 heterocycles. The fourth-order valence-electron chi connectivity index (χ4n) is 2.55. The summed E-state index contributed by atoms with van der Waals surface area (Å²) in [7, 11) is 0. The number of hydrogen-bond acceptors (Lipinski definition) is 8. The topological polar surface area (TPSA) is 125 Å². The number of rotatable bonds is 8. The summed E-state index contributed by atoms with van der Waals surface area (Å²) in [5.41, 5.74) is 6.34. The van der Waals surface area contributed by atoms with Gasteiger partial charge in [0.25, 0.3) is 5.69 Å². The number of benzene rings is 2. The van der Waals surface area contributed by atoms with Gasteiger partial charge < -0.3 is 10.5 Å². The fraction of sp³-hybridized carbons (Fsp3) is 0.150. The molecule has 0 aliphatic carbocycles. The van der Waals surface area contributed by atoms with Crippen LogP contribution in [0.25, 0.3) is 0 Å². The van der Waals surface area contributed by atoms with E-state index in [0.717, 1.165) is 27.4 Å². The van der Waals surface area contributed by atoms with Crippen LogP contribution in [0.4, 0.5) is 5.69 Å². The number of primary amides is 1. The van der Waals surface area contributed by atoms with Crippen LogP contribution in [0.5, 0.6) is 0 Å². The molecular formula is C20H17N3O5S2. The Balaban J connectivity index is 1.61. The first kappa shape index (κ1) is 21.5. The van der Waals surface area contributed by atoms with E-state index in [2.05, 4.69) is 4.98 Å². The zero-order valence-corrected chi connectivity index (χ0v) is 17.5. The Hall–Kier alpha value is -3.24. The fourth-order valence-corrected chi connectivity index (χ4v) is 4.06. The highest BCUT2D eigenvalue weighted by Crippen LogP contribution is 2.25. The molecule has 0 spiro atoms. The zero-order valence-electron chi connectivity index (χ0n) is 15.9. The van der Waals surface area contributed by atoms with Crippen molar-refractivity contribution in [3.05, 3.63) is 85.4 Å². The van der Waals surface area contributed by atoms with Gasteiger partial charge >= 0.3 is 5.97 Å². The van der Waals surface area contributed by atoms with Gasteiger partial charge in [0.15, 0.2) is 0 Å². The highest BCUT2D eigenvalue weighted by atomic mass is 32.2. The molecule has 2 N–H and O–H groups in total. The van der Waals surface area contributed by atoms with Crippen molar-refractivity contribution >= 4 is 40.7 Å². The summed E-state index contributed by atoms with van der Waals surface area (Å²) in [5.74, 6) is -0.640. The molecule has 1 amide bonds. The third kappa shape index (κ3) is 5.43. The number of nitro benzene ring substituents is 1. The monoisotopic (exact) mass is 443 g/mol. The summed E-state index contributed by atoms with van der Waals surface area (Å²) in [4.78, 5) is 39.5. The largest absolute Gasteiger partial charge is 0.457 e. The van der Waals surface area contributed by atoms with Gasteiger partial charge in [-0.05, 0) is 43.3 Å². The summed E-state index contributed by atoms with van der Waals surface area (Å²) in [6, 6.07) is 10.7. The molecule has 0 aliphatic heterocycles. The quantitative estimate of drug-likeness (QED) is 0.240. The molecule has 1 aromatic heterocycles. The molecule has 154 valence electrons. The average Bonchev–Trinajstić information content (AvgIpc) is 3.15. The van der Waals surface area contributed by atoms with Crippen molar-refractivity contribution < 1.29 is 19.2 Å². The maximum Gasteiger partial charge on any atom is 0.338 e. The van der Waals surface area contributed by atoms with Crippen molar-refractivity contribution in [2.75, 3.05) is 0 Å². The van der Waals surface area contributed by atoms with Gasteiger partial charge in [-0.1, -0.05) is 0 Å². The highest BCUT2D eigenvalue weighted by molar-refractivity contribution is 7.98. The minimum absolute atomic E-state index is 0.0117. The third-order valence-electron chi connectivity index (χ3n) is 4.07. The predicted molar refractivity (Wildman–Crippen MR) is 114 cm³/mol. The minimum Gasteiger partial charge on any atom is -0.457 e. The van der Waals surface area contributed by atoms with Crippen LogP contribution in [0, 0.1) is 17.0 Å². The summed E-state index contributed by atoms with van der Waals surface area (Å²) in [6.07, 6.45) is 0. The Labute approximate surface area is 180 Å². The number of nitrogens with zero attached hydrogens (tertiary/aromatic N) is 2. The number of aryl methyl sites for hydroxylation is 1. The van der Waals surface area contributed by atoms with Crippen LogP contribution in [0.3, 0.4) is 0 Å². The Morgan fingerprint density at radius 1 is 1.20 bits per heavy atom. The van der Waals surface area contributed by atoms with Gasteiger partial charge in [-0.25, -0.2) is 9.78 Å². The smallest absolute Gasteiger partial charge is 0.338 e. The highest BCUT2D eigenvalue weighted by Gasteiger charge is 2.18. The van der Waals surface area contributed by atoms with Crippen LogP contribution in [-0.2, 0) is 17.1 Å². The summed E-state index contributed by atoms with van der Waals surface area (Å²) >= 11 is 3.21. The molecule has 30 heavy (non-hydrogen) atoms. The van der Waals surface area contributed by atoms with Crippen molar-refractivity contribution in [1.29, 1.82) is 0 Å². The van der Waals surface area contributed by atoms with E-state index in [9.17, 15) is 19.7 Å². The van der Waals surface area contributed by atoms with E-state index in [1.54, 1.807) is 35.2 Å². The van der Waals surface area contributed by atoms with Crippen molar-refractivity contribution in [1.82, 2.24) is 4.98 Å². The average molecular weight is 444 g/mol. The van der Waals surface area contributed by atoms with Crippen LogP contribution in [0.15, 0.2) is 52.7 Å².